The molecule has 2 aromatic heterocycles. The lowest BCUT2D eigenvalue weighted by Crippen LogP contribution is -2.46. The number of hydrogen-bond acceptors (Lipinski definition) is 12. The molecule has 0 spiro atoms. The molecule has 1 atom stereocenters. The van der Waals surface area contributed by atoms with Crippen LogP contribution in [0.3, 0.4) is 0 Å². The fourth-order valence-electron chi connectivity index (χ4n) is 5.98. The van der Waals surface area contributed by atoms with Crippen LogP contribution in [0, 0.1) is 12.7 Å². The van der Waals surface area contributed by atoms with Gasteiger partial charge in [-0.05, 0) is 76.1 Å². The fraction of sp³-hybridized carbons (Fsp3) is 0.371. The number of amides is 2. The molecule has 1 unspecified atom stereocenters. The van der Waals surface area contributed by atoms with Gasteiger partial charge in [-0.2, -0.15) is 4.98 Å². The number of piperidine rings is 1. The minimum Gasteiger partial charge on any atom is -0.353 e. The minimum absolute atomic E-state index is 0.137. The monoisotopic (exact) mass is 716 g/mol. The molecule has 6 rings (SSSR count). The van der Waals surface area contributed by atoms with Crippen LogP contribution in [-0.2, 0) is 26.2 Å². The van der Waals surface area contributed by atoms with Gasteiger partial charge in [0.15, 0.2) is 11.6 Å². The molecule has 4 N–H and O–H groups in total. The lowest BCUT2D eigenvalue weighted by atomic mass is 9.89. The normalized spacial score (nSPS) is 17.3. The average molecular weight is 717 g/mol. The van der Waals surface area contributed by atoms with Gasteiger partial charge >= 0.3 is 0 Å². The number of carbonyl (C=O) groups excluding carboxylic acids is 2. The Hall–Kier alpha value is -5.06. The largest absolute Gasteiger partial charge is 0.353 e. The quantitative estimate of drug-likeness (QED) is 0.173. The minimum atomic E-state index is -3.71. The van der Waals surface area contributed by atoms with Crippen LogP contribution in [0.15, 0.2) is 65.7 Å². The Morgan fingerprint density at radius 2 is 1.76 bits per heavy atom. The van der Waals surface area contributed by atoms with E-state index in [1.165, 1.54) is 12.1 Å². The summed E-state index contributed by atoms with van der Waals surface area (Å²) in [4.78, 5) is 37.1. The van der Waals surface area contributed by atoms with Gasteiger partial charge in [-0.3, -0.25) is 19.8 Å². The van der Waals surface area contributed by atoms with E-state index in [2.05, 4.69) is 50.6 Å². The van der Waals surface area contributed by atoms with Crippen molar-refractivity contribution in [3.8, 4) is 0 Å². The molecule has 0 bridgehead atoms. The van der Waals surface area contributed by atoms with Crippen LogP contribution in [0.25, 0.3) is 0 Å². The zero-order chi connectivity index (χ0) is 36.3. The van der Waals surface area contributed by atoms with E-state index in [0.717, 1.165) is 30.0 Å². The number of aryl methyl sites for hydroxylation is 1. The number of piperazine rings is 1. The molecule has 51 heavy (non-hydrogen) atoms. The van der Waals surface area contributed by atoms with Crippen molar-refractivity contribution in [2.24, 2.45) is 0 Å². The average Bonchev–Trinajstić information content (AvgIpc) is 3.07. The zero-order valence-electron chi connectivity index (χ0n) is 28.9. The molecule has 0 aliphatic carbocycles. The van der Waals surface area contributed by atoms with E-state index in [1.807, 2.05) is 19.1 Å². The first kappa shape index (κ1) is 35.8. The molecule has 2 aliphatic rings. The third-order valence-electron chi connectivity index (χ3n) is 8.49. The molecule has 0 saturated carbocycles. The Bertz CT molecular complexity index is 2030. The number of sulfonamides is 1. The van der Waals surface area contributed by atoms with Crippen molar-refractivity contribution in [1.29, 1.82) is 0 Å². The summed E-state index contributed by atoms with van der Waals surface area (Å²) in [5.41, 5.74) is 1.83. The predicted molar refractivity (Wildman–Crippen MR) is 191 cm³/mol. The lowest BCUT2D eigenvalue weighted by molar-refractivity contribution is -0.134. The molecule has 0 radical (unpaired) electrons. The van der Waals surface area contributed by atoms with Crippen molar-refractivity contribution in [2.45, 2.75) is 63.4 Å². The maximum Gasteiger partial charge on any atom is 0.241 e. The second-order valence-corrected chi connectivity index (χ2v) is 15.4. The summed E-state index contributed by atoms with van der Waals surface area (Å²) >= 11 is 0. The van der Waals surface area contributed by atoms with Gasteiger partial charge in [-0.25, -0.2) is 22.5 Å². The SMILES string of the molecule is Cc1cnc(Nc2ccc(N3CCN(Cc4ccc(C5CCC(=O)NC5=O)c(F)c4)CC3)nn2)nc1Nc1cccc(S(=O)(=O)NC(C)(C)C)c1. The van der Waals surface area contributed by atoms with Gasteiger partial charge in [-0.1, -0.05) is 18.2 Å². The van der Waals surface area contributed by atoms with Crippen molar-refractivity contribution in [3.63, 3.8) is 0 Å². The topological polar surface area (TPSA) is 174 Å². The summed E-state index contributed by atoms with van der Waals surface area (Å²) in [5.74, 6) is 0.120. The molecule has 4 aromatic rings. The Kier molecular flexibility index (Phi) is 10.3. The number of rotatable bonds is 10. The van der Waals surface area contributed by atoms with Crippen molar-refractivity contribution >= 4 is 50.9 Å². The van der Waals surface area contributed by atoms with Crippen LogP contribution in [0.2, 0.25) is 0 Å². The van der Waals surface area contributed by atoms with E-state index in [9.17, 15) is 22.4 Å². The molecule has 2 fully saturated rings. The highest BCUT2D eigenvalue weighted by atomic mass is 32.2. The van der Waals surface area contributed by atoms with Crippen molar-refractivity contribution in [1.82, 2.24) is 35.1 Å². The fourth-order valence-corrected chi connectivity index (χ4v) is 7.44. The number of benzene rings is 2. The van der Waals surface area contributed by atoms with Crippen molar-refractivity contribution in [2.75, 3.05) is 41.7 Å². The number of nitrogens with one attached hydrogen (secondary N) is 4. The molecule has 2 aliphatic heterocycles. The third-order valence-corrected chi connectivity index (χ3v) is 10.2. The maximum absolute atomic E-state index is 15.0. The molecule has 16 heteroatoms. The maximum atomic E-state index is 15.0. The highest BCUT2D eigenvalue weighted by molar-refractivity contribution is 7.89. The van der Waals surface area contributed by atoms with E-state index in [-0.39, 0.29) is 17.2 Å². The van der Waals surface area contributed by atoms with Gasteiger partial charge in [0.05, 0.1) is 10.8 Å². The molecule has 2 aromatic carbocycles. The van der Waals surface area contributed by atoms with Crippen LogP contribution in [0.5, 0.6) is 0 Å². The lowest BCUT2D eigenvalue weighted by Gasteiger charge is -2.35. The van der Waals surface area contributed by atoms with Crippen LogP contribution < -0.4 is 25.6 Å². The van der Waals surface area contributed by atoms with Gasteiger partial charge < -0.3 is 15.5 Å². The van der Waals surface area contributed by atoms with E-state index in [0.29, 0.717) is 54.9 Å². The molecule has 14 nitrogen and oxygen atoms in total. The summed E-state index contributed by atoms with van der Waals surface area (Å²) in [5, 5.41) is 17.3. The standard InChI is InChI=1S/C35H41FN10O4S/c1-22-20-37-34(41-32(22)38-24-6-5-7-25(19-24)51(49,50)44-35(2,3)4)39-29-11-12-30(43-42-29)46-16-14-45(15-17-46)21-23-8-9-26(28(36)18-23)27-10-13-31(47)40-33(27)48/h5-9,11-12,18-20,27,44H,10,13-17,21H2,1-4H3,(H,40,47,48)(H2,37,38,39,41,42). The van der Waals surface area contributed by atoms with E-state index < -0.39 is 33.2 Å². The molecule has 268 valence electrons. The number of halogens is 1. The van der Waals surface area contributed by atoms with Gasteiger partial charge in [0.1, 0.15) is 11.6 Å². The number of anilines is 5. The van der Waals surface area contributed by atoms with Crippen LogP contribution in [0.4, 0.5) is 33.5 Å². The van der Waals surface area contributed by atoms with Gasteiger partial charge in [-0.15, -0.1) is 10.2 Å². The summed E-state index contributed by atoms with van der Waals surface area (Å²) in [6.45, 7) is 10.7. The first-order chi connectivity index (χ1) is 24.2. The molecule has 2 amide bonds. The molecular formula is C35H41FN10O4S. The highest BCUT2D eigenvalue weighted by Crippen LogP contribution is 2.28. The molecular weight excluding hydrogens is 676 g/mol. The first-order valence-electron chi connectivity index (χ1n) is 16.7. The van der Waals surface area contributed by atoms with Crippen LogP contribution >= 0.6 is 0 Å². The van der Waals surface area contributed by atoms with Gasteiger partial charge in [0, 0.05) is 67.7 Å². The van der Waals surface area contributed by atoms with Gasteiger partial charge in [0.25, 0.3) is 0 Å². The second-order valence-electron chi connectivity index (χ2n) is 13.8. The van der Waals surface area contributed by atoms with Crippen molar-refractivity contribution in [3.05, 3.63) is 83.3 Å². The second kappa shape index (κ2) is 14.7. The van der Waals surface area contributed by atoms with Crippen molar-refractivity contribution < 1.29 is 22.4 Å². The molecule has 4 heterocycles. The number of aromatic nitrogens is 4. The first-order valence-corrected chi connectivity index (χ1v) is 18.2. The smallest absolute Gasteiger partial charge is 0.241 e. The Labute approximate surface area is 296 Å². The number of hydrogen-bond donors (Lipinski definition) is 4. The Morgan fingerprint density at radius 1 is 0.980 bits per heavy atom. The Balaban J connectivity index is 1.02. The highest BCUT2D eigenvalue weighted by Gasteiger charge is 2.30. The third kappa shape index (κ3) is 9.00. The number of carbonyl (C=O) groups is 2. The van der Waals surface area contributed by atoms with E-state index >= 15 is 0 Å². The van der Waals surface area contributed by atoms with Crippen LogP contribution in [0.1, 0.15) is 56.2 Å². The number of imide groups is 1. The number of nitrogens with zero attached hydrogens (tertiary/aromatic N) is 6. The summed E-state index contributed by atoms with van der Waals surface area (Å²) in [6.07, 6.45) is 2.17. The Morgan fingerprint density at radius 3 is 2.45 bits per heavy atom. The van der Waals surface area contributed by atoms with Gasteiger partial charge in [0.2, 0.25) is 27.8 Å². The van der Waals surface area contributed by atoms with E-state index in [1.54, 1.807) is 57.3 Å². The van der Waals surface area contributed by atoms with Crippen LogP contribution in [-0.4, -0.2) is 77.0 Å². The summed E-state index contributed by atoms with van der Waals surface area (Å²) in [6, 6.07) is 15.2. The van der Waals surface area contributed by atoms with E-state index in [4.69, 9.17) is 0 Å². The molecule has 2 saturated heterocycles. The zero-order valence-corrected chi connectivity index (χ0v) is 29.7. The predicted octanol–water partition coefficient (Wildman–Crippen LogP) is 4.12. The summed E-state index contributed by atoms with van der Waals surface area (Å²) < 4.78 is 43.3. The summed E-state index contributed by atoms with van der Waals surface area (Å²) in [7, 11) is -3.71.